The molecule has 0 aliphatic carbocycles. The molecule has 0 aromatic carbocycles. The van der Waals surface area contributed by atoms with Crippen LogP contribution in [0.5, 0.6) is 0 Å². The Hall–Kier alpha value is 0.584. The van der Waals surface area contributed by atoms with Crippen molar-refractivity contribution in [2.75, 3.05) is 0 Å². The maximum absolute atomic E-state index is 2.25. The van der Waals surface area contributed by atoms with Gasteiger partial charge in [0.15, 0.2) is 0 Å². The van der Waals surface area contributed by atoms with Gasteiger partial charge in [0.05, 0.1) is 0 Å². The van der Waals surface area contributed by atoms with Crippen molar-refractivity contribution in [3.63, 3.8) is 0 Å². The normalized spacial score (nSPS) is 7.33. The monoisotopic (exact) mass is 166 g/mol. The van der Waals surface area contributed by atoms with Gasteiger partial charge in [0, 0.05) is 18.6 Å². The molecule has 9 heavy (non-hydrogen) atoms. The summed E-state index contributed by atoms with van der Waals surface area (Å²) in [6.07, 6.45) is 7.01. The zero-order chi connectivity index (χ0) is 5.54. The molecular formula is C8H19V-. The van der Waals surface area contributed by atoms with Crippen molar-refractivity contribution in [1.82, 2.24) is 0 Å². The Morgan fingerprint density at radius 2 is 1.11 bits per heavy atom. The SMILES string of the molecule is CCCCCCC.[CH3-].[V]. The molecule has 0 bridgehead atoms. The third kappa shape index (κ3) is 17.7. The van der Waals surface area contributed by atoms with Crippen LogP contribution in [0.1, 0.15) is 46.0 Å². The van der Waals surface area contributed by atoms with Crippen molar-refractivity contribution in [2.45, 2.75) is 46.0 Å². The van der Waals surface area contributed by atoms with Gasteiger partial charge in [-0.3, -0.25) is 0 Å². The minimum Gasteiger partial charge on any atom is -0.358 e. The van der Waals surface area contributed by atoms with E-state index in [0.29, 0.717) is 0 Å². The predicted octanol–water partition coefficient (Wildman–Crippen LogP) is 3.42. The predicted molar refractivity (Wildman–Crippen MR) is 40.8 cm³/mol. The molecule has 0 aromatic rings. The Kier molecular flexibility index (Phi) is 28.7. The van der Waals surface area contributed by atoms with Gasteiger partial charge in [0.2, 0.25) is 0 Å². The molecule has 0 aromatic heterocycles. The van der Waals surface area contributed by atoms with Crippen LogP contribution in [0, 0.1) is 7.43 Å². The summed E-state index contributed by atoms with van der Waals surface area (Å²) in [5, 5.41) is 0. The number of hydrogen-bond donors (Lipinski definition) is 0. The first-order valence-corrected chi connectivity index (χ1v) is 3.41. The fourth-order valence-corrected chi connectivity index (χ4v) is 0.677. The van der Waals surface area contributed by atoms with Crippen LogP contribution in [-0.4, -0.2) is 0 Å². The first-order valence-electron chi connectivity index (χ1n) is 3.41. The minimum absolute atomic E-state index is 0. The van der Waals surface area contributed by atoms with Gasteiger partial charge in [-0.25, -0.2) is 0 Å². The summed E-state index contributed by atoms with van der Waals surface area (Å²) in [7, 11) is 0. The first-order chi connectivity index (χ1) is 3.41. The molecule has 0 N–H and O–H groups in total. The largest absolute Gasteiger partial charge is 0.358 e. The van der Waals surface area contributed by atoms with E-state index >= 15 is 0 Å². The fourth-order valence-electron chi connectivity index (χ4n) is 0.677. The Balaban J connectivity index is -0.000000180. The fraction of sp³-hybridized carbons (Fsp3) is 0.875. The van der Waals surface area contributed by atoms with Gasteiger partial charge in [0.1, 0.15) is 0 Å². The van der Waals surface area contributed by atoms with Crippen LogP contribution in [0.3, 0.4) is 0 Å². The second-order valence-corrected chi connectivity index (χ2v) is 2.06. The molecule has 0 spiro atoms. The van der Waals surface area contributed by atoms with E-state index in [2.05, 4.69) is 13.8 Å². The zero-order valence-electron chi connectivity index (χ0n) is 6.98. The van der Waals surface area contributed by atoms with Crippen LogP contribution in [0.15, 0.2) is 0 Å². The minimum atomic E-state index is 0. The number of hydrogen-bond acceptors (Lipinski definition) is 0. The van der Waals surface area contributed by atoms with Gasteiger partial charge >= 0.3 is 0 Å². The van der Waals surface area contributed by atoms with E-state index in [-0.39, 0.29) is 26.0 Å². The third-order valence-corrected chi connectivity index (χ3v) is 1.21. The standard InChI is InChI=1S/C7H16.CH3.V/c1-3-5-7-6-4-2;;/h3-7H2,1-2H3;1H3;/q;-1;. The van der Waals surface area contributed by atoms with E-state index in [1.807, 2.05) is 0 Å². The van der Waals surface area contributed by atoms with Crippen molar-refractivity contribution >= 4 is 0 Å². The van der Waals surface area contributed by atoms with E-state index in [1.54, 1.807) is 0 Å². The first kappa shape index (κ1) is 16.3. The Morgan fingerprint density at radius 1 is 0.778 bits per heavy atom. The molecule has 1 heteroatoms. The van der Waals surface area contributed by atoms with Crippen LogP contribution >= 0.6 is 0 Å². The average molecular weight is 166 g/mol. The van der Waals surface area contributed by atoms with Gasteiger partial charge in [-0.15, -0.1) is 0 Å². The average Bonchev–Trinajstić information content (AvgIpc) is 1.69. The summed E-state index contributed by atoms with van der Waals surface area (Å²) in [6, 6.07) is 0. The summed E-state index contributed by atoms with van der Waals surface area (Å²) in [4.78, 5) is 0. The molecule has 0 atom stereocenters. The Bertz CT molecular complexity index is 23.7. The molecule has 0 amide bonds. The summed E-state index contributed by atoms with van der Waals surface area (Å²) < 4.78 is 0. The van der Waals surface area contributed by atoms with E-state index in [4.69, 9.17) is 0 Å². The van der Waals surface area contributed by atoms with Crippen LogP contribution in [-0.2, 0) is 18.6 Å². The van der Waals surface area contributed by atoms with Crippen LogP contribution in [0.2, 0.25) is 0 Å². The zero-order valence-corrected chi connectivity index (χ0v) is 8.38. The smallest absolute Gasteiger partial charge is 0 e. The summed E-state index contributed by atoms with van der Waals surface area (Å²) >= 11 is 0. The van der Waals surface area contributed by atoms with Crippen LogP contribution in [0.25, 0.3) is 0 Å². The molecule has 0 nitrogen and oxygen atoms in total. The second-order valence-electron chi connectivity index (χ2n) is 2.06. The maximum atomic E-state index is 2.25. The Morgan fingerprint density at radius 3 is 1.33 bits per heavy atom. The van der Waals surface area contributed by atoms with Crippen molar-refractivity contribution in [2.24, 2.45) is 0 Å². The van der Waals surface area contributed by atoms with Gasteiger partial charge in [0.25, 0.3) is 0 Å². The molecule has 57 valence electrons. The molecule has 0 aliphatic heterocycles. The van der Waals surface area contributed by atoms with Crippen LogP contribution in [0.4, 0.5) is 0 Å². The third-order valence-electron chi connectivity index (χ3n) is 1.21. The maximum Gasteiger partial charge on any atom is 0 e. The topological polar surface area (TPSA) is 0 Å². The molecule has 0 heterocycles. The van der Waals surface area contributed by atoms with Gasteiger partial charge in [-0.2, -0.15) is 0 Å². The van der Waals surface area contributed by atoms with Crippen molar-refractivity contribution in [3.05, 3.63) is 7.43 Å². The molecule has 0 saturated heterocycles. The van der Waals surface area contributed by atoms with Crippen LogP contribution < -0.4 is 0 Å². The molecular weight excluding hydrogens is 147 g/mol. The summed E-state index contributed by atoms with van der Waals surface area (Å²) in [5.41, 5.74) is 0. The van der Waals surface area contributed by atoms with Gasteiger partial charge < -0.3 is 7.43 Å². The molecule has 0 saturated carbocycles. The number of rotatable bonds is 4. The quantitative estimate of drug-likeness (QED) is 0.443. The van der Waals surface area contributed by atoms with Gasteiger partial charge in [-0.1, -0.05) is 46.0 Å². The van der Waals surface area contributed by atoms with Crippen molar-refractivity contribution in [3.8, 4) is 0 Å². The van der Waals surface area contributed by atoms with E-state index in [9.17, 15) is 0 Å². The van der Waals surface area contributed by atoms with E-state index in [1.165, 1.54) is 32.1 Å². The Labute approximate surface area is 72.3 Å². The molecule has 0 rings (SSSR count). The second kappa shape index (κ2) is 15.8. The van der Waals surface area contributed by atoms with Crippen molar-refractivity contribution in [1.29, 1.82) is 0 Å². The molecule has 0 unspecified atom stereocenters. The van der Waals surface area contributed by atoms with Crippen molar-refractivity contribution < 1.29 is 18.6 Å². The molecule has 0 fully saturated rings. The van der Waals surface area contributed by atoms with Gasteiger partial charge in [-0.05, 0) is 0 Å². The molecule has 0 aliphatic rings. The molecule has 1 radical (unpaired) electrons. The van der Waals surface area contributed by atoms with E-state index < -0.39 is 0 Å². The summed E-state index contributed by atoms with van der Waals surface area (Å²) in [5.74, 6) is 0. The summed E-state index contributed by atoms with van der Waals surface area (Å²) in [6.45, 7) is 4.49. The number of unbranched alkanes of at least 4 members (excludes halogenated alkanes) is 4. The van der Waals surface area contributed by atoms with E-state index in [0.717, 1.165) is 0 Å².